The summed E-state index contributed by atoms with van der Waals surface area (Å²) in [6, 6.07) is 16.2. The molecule has 0 N–H and O–H groups in total. The van der Waals surface area contributed by atoms with Gasteiger partial charge in [0.2, 0.25) is 0 Å². The molecule has 0 atom stereocenters. The summed E-state index contributed by atoms with van der Waals surface area (Å²) >= 11 is 5.95. The zero-order chi connectivity index (χ0) is 15.1. The van der Waals surface area contributed by atoms with Gasteiger partial charge in [-0.2, -0.15) is 0 Å². The van der Waals surface area contributed by atoms with Gasteiger partial charge in [-0.25, -0.2) is 0 Å². The van der Waals surface area contributed by atoms with Gasteiger partial charge in [-0.05, 0) is 53.8 Å². The minimum Gasteiger partial charge on any atom is -0.497 e. The van der Waals surface area contributed by atoms with E-state index in [4.69, 9.17) is 16.3 Å². The van der Waals surface area contributed by atoms with Gasteiger partial charge in [-0.15, -0.1) is 0 Å². The lowest BCUT2D eigenvalue weighted by Gasteiger charge is -2.09. The predicted molar refractivity (Wildman–Crippen MR) is 91.8 cm³/mol. The Kier molecular flexibility index (Phi) is 5.89. The van der Waals surface area contributed by atoms with Gasteiger partial charge >= 0.3 is 0 Å². The first-order chi connectivity index (χ1) is 10.2. The fourth-order valence-corrected chi connectivity index (χ4v) is 2.36. The van der Waals surface area contributed by atoms with E-state index < -0.39 is 0 Å². The van der Waals surface area contributed by atoms with Crippen molar-refractivity contribution >= 4 is 23.3 Å². The largest absolute Gasteiger partial charge is 0.497 e. The van der Waals surface area contributed by atoms with E-state index in [0.29, 0.717) is 0 Å². The SMILES string of the molecule is CCCC/C(=C\c1ccc(Cl)cc1)c1ccc(OC)cc1. The number of ether oxygens (including phenoxy) is 1. The fraction of sp³-hybridized carbons (Fsp3) is 0.263. The molecular formula is C19H21ClO. The van der Waals surface area contributed by atoms with E-state index in [-0.39, 0.29) is 0 Å². The molecule has 0 spiro atoms. The van der Waals surface area contributed by atoms with Crippen LogP contribution in [-0.2, 0) is 0 Å². The lowest BCUT2D eigenvalue weighted by molar-refractivity contribution is 0.415. The summed E-state index contributed by atoms with van der Waals surface area (Å²) in [6.07, 6.45) is 5.69. The van der Waals surface area contributed by atoms with E-state index in [1.54, 1.807) is 7.11 Å². The van der Waals surface area contributed by atoms with Crippen molar-refractivity contribution in [2.75, 3.05) is 7.11 Å². The summed E-state index contributed by atoms with van der Waals surface area (Å²) in [4.78, 5) is 0. The van der Waals surface area contributed by atoms with Crippen LogP contribution in [0.1, 0.15) is 37.3 Å². The first kappa shape index (κ1) is 15.7. The number of hydrogen-bond donors (Lipinski definition) is 0. The molecule has 0 aliphatic rings. The molecule has 0 aromatic heterocycles. The van der Waals surface area contributed by atoms with Crippen molar-refractivity contribution in [3.63, 3.8) is 0 Å². The molecule has 2 rings (SSSR count). The molecule has 0 radical (unpaired) electrons. The molecular weight excluding hydrogens is 280 g/mol. The molecule has 21 heavy (non-hydrogen) atoms. The van der Waals surface area contributed by atoms with Crippen LogP contribution in [0.25, 0.3) is 11.6 Å². The highest BCUT2D eigenvalue weighted by molar-refractivity contribution is 6.30. The van der Waals surface area contributed by atoms with Gasteiger partial charge < -0.3 is 4.74 Å². The van der Waals surface area contributed by atoms with Crippen molar-refractivity contribution in [3.8, 4) is 5.75 Å². The van der Waals surface area contributed by atoms with E-state index in [1.165, 1.54) is 29.5 Å². The lowest BCUT2D eigenvalue weighted by Crippen LogP contribution is -1.88. The Labute approximate surface area is 132 Å². The maximum atomic E-state index is 5.95. The number of hydrogen-bond acceptors (Lipinski definition) is 1. The molecule has 0 heterocycles. The first-order valence-electron chi connectivity index (χ1n) is 7.33. The lowest BCUT2D eigenvalue weighted by atomic mass is 9.98. The molecule has 0 fully saturated rings. The van der Waals surface area contributed by atoms with E-state index in [9.17, 15) is 0 Å². The van der Waals surface area contributed by atoms with Gasteiger partial charge in [-0.1, -0.05) is 55.3 Å². The number of benzene rings is 2. The zero-order valence-corrected chi connectivity index (χ0v) is 13.4. The average molecular weight is 301 g/mol. The second-order valence-corrected chi connectivity index (χ2v) is 5.49. The molecule has 2 heteroatoms. The van der Waals surface area contributed by atoms with Crippen LogP contribution in [0.15, 0.2) is 48.5 Å². The number of unbranched alkanes of at least 4 members (excludes halogenated alkanes) is 1. The van der Waals surface area contributed by atoms with Crippen LogP contribution in [-0.4, -0.2) is 7.11 Å². The van der Waals surface area contributed by atoms with E-state index in [0.717, 1.165) is 17.2 Å². The van der Waals surface area contributed by atoms with Crippen LogP contribution >= 0.6 is 11.6 Å². The van der Waals surface area contributed by atoms with E-state index >= 15 is 0 Å². The number of methoxy groups -OCH3 is 1. The van der Waals surface area contributed by atoms with Crippen molar-refractivity contribution in [2.24, 2.45) is 0 Å². The van der Waals surface area contributed by atoms with Crippen molar-refractivity contribution in [3.05, 3.63) is 64.7 Å². The molecule has 0 bridgehead atoms. The summed E-state index contributed by atoms with van der Waals surface area (Å²) in [5.41, 5.74) is 3.78. The average Bonchev–Trinajstić information content (AvgIpc) is 2.53. The molecule has 0 aliphatic carbocycles. The highest BCUT2D eigenvalue weighted by Gasteiger charge is 2.03. The van der Waals surface area contributed by atoms with Gasteiger partial charge in [-0.3, -0.25) is 0 Å². The van der Waals surface area contributed by atoms with Crippen molar-refractivity contribution in [1.29, 1.82) is 0 Å². The molecule has 1 nitrogen and oxygen atoms in total. The zero-order valence-electron chi connectivity index (χ0n) is 12.6. The summed E-state index contributed by atoms with van der Waals surface area (Å²) in [7, 11) is 1.69. The van der Waals surface area contributed by atoms with Crippen LogP contribution in [0.4, 0.5) is 0 Å². The number of rotatable bonds is 6. The maximum Gasteiger partial charge on any atom is 0.118 e. The number of allylic oxidation sites excluding steroid dienone is 1. The van der Waals surface area contributed by atoms with Crippen molar-refractivity contribution in [2.45, 2.75) is 26.2 Å². The topological polar surface area (TPSA) is 9.23 Å². The molecule has 0 unspecified atom stereocenters. The molecule has 0 aliphatic heterocycles. The Morgan fingerprint density at radius 2 is 1.71 bits per heavy atom. The van der Waals surface area contributed by atoms with Gasteiger partial charge in [0.1, 0.15) is 5.75 Å². The summed E-state index contributed by atoms with van der Waals surface area (Å²) in [5.74, 6) is 0.889. The standard InChI is InChI=1S/C19H21ClO/c1-3-4-5-17(14-15-6-10-18(20)11-7-15)16-8-12-19(21-2)13-9-16/h6-14H,3-5H2,1-2H3/b17-14+. The van der Waals surface area contributed by atoms with Gasteiger partial charge in [0.15, 0.2) is 0 Å². The molecule has 2 aromatic carbocycles. The van der Waals surface area contributed by atoms with Crippen LogP contribution in [0, 0.1) is 0 Å². The highest BCUT2D eigenvalue weighted by atomic mass is 35.5. The predicted octanol–water partition coefficient (Wildman–Crippen LogP) is 6.08. The van der Waals surface area contributed by atoms with Crippen LogP contribution in [0.2, 0.25) is 5.02 Å². The van der Waals surface area contributed by atoms with E-state index in [1.807, 2.05) is 24.3 Å². The molecule has 0 saturated heterocycles. The highest BCUT2D eigenvalue weighted by Crippen LogP contribution is 2.26. The monoisotopic (exact) mass is 300 g/mol. The Balaban J connectivity index is 2.29. The molecule has 0 amide bonds. The van der Waals surface area contributed by atoms with Gasteiger partial charge in [0.25, 0.3) is 0 Å². The van der Waals surface area contributed by atoms with Crippen LogP contribution < -0.4 is 4.74 Å². The third-order valence-electron chi connectivity index (χ3n) is 3.47. The van der Waals surface area contributed by atoms with Crippen molar-refractivity contribution in [1.82, 2.24) is 0 Å². The summed E-state index contributed by atoms with van der Waals surface area (Å²) < 4.78 is 5.23. The maximum absolute atomic E-state index is 5.95. The summed E-state index contributed by atoms with van der Waals surface area (Å²) in [6.45, 7) is 2.22. The Hall–Kier alpha value is -1.73. The molecule has 110 valence electrons. The number of halogens is 1. The fourth-order valence-electron chi connectivity index (χ4n) is 2.23. The smallest absolute Gasteiger partial charge is 0.118 e. The van der Waals surface area contributed by atoms with E-state index in [2.05, 4.69) is 37.3 Å². The molecule has 0 saturated carbocycles. The Morgan fingerprint density at radius 3 is 2.29 bits per heavy atom. The van der Waals surface area contributed by atoms with Crippen molar-refractivity contribution < 1.29 is 4.74 Å². The normalized spacial score (nSPS) is 11.5. The second kappa shape index (κ2) is 7.90. The quantitative estimate of drug-likeness (QED) is 0.587. The van der Waals surface area contributed by atoms with Crippen LogP contribution in [0.5, 0.6) is 5.75 Å². The second-order valence-electron chi connectivity index (χ2n) is 5.05. The third-order valence-corrected chi connectivity index (χ3v) is 3.72. The van der Waals surface area contributed by atoms with Crippen LogP contribution in [0.3, 0.4) is 0 Å². The Bertz CT molecular complexity index is 582. The Morgan fingerprint density at radius 1 is 1.05 bits per heavy atom. The molecule has 2 aromatic rings. The first-order valence-corrected chi connectivity index (χ1v) is 7.71. The third kappa shape index (κ3) is 4.64. The minimum atomic E-state index is 0.770. The van der Waals surface area contributed by atoms with Gasteiger partial charge in [0.05, 0.1) is 7.11 Å². The summed E-state index contributed by atoms with van der Waals surface area (Å²) in [5, 5.41) is 0.770. The van der Waals surface area contributed by atoms with Gasteiger partial charge in [0, 0.05) is 5.02 Å². The minimum absolute atomic E-state index is 0.770.